The lowest BCUT2D eigenvalue weighted by molar-refractivity contribution is -0.116. The van der Waals surface area contributed by atoms with E-state index in [1.165, 1.54) is 35.9 Å². The zero-order chi connectivity index (χ0) is 19.6. The standard InChI is InChI=1S/C19H17N3O5/c1-11-20-16-8-7-14(23)9-15(16)18(25)22(11)10-17(24)21-13-5-3-12(4-6-13)19(26)27-2/h3-9,23H,10H2,1-2H3,(H,21,24). The number of hydrogen-bond donors (Lipinski definition) is 2. The molecule has 2 aromatic carbocycles. The molecule has 0 radical (unpaired) electrons. The van der Waals surface area contributed by atoms with Crippen molar-refractivity contribution in [2.75, 3.05) is 12.4 Å². The van der Waals surface area contributed by atoms with E-state index in [0.29, 0.717) is 22.6 Å². The zero-order valence-electron chi connectivity index (χ0n) is 14.7. The van der Waals surface area contributed by atoms with Gasteiger partial charge in [0.1, 0.15) is 18.1 Å². The molecule has 0 fully saturated rings. The number of ether oxygens (including phenoxy) is 1. The Morgan fingerprint density at radius 2 is 1.89 bits per heavy atom. The van der Waals surface area contributed by atoms with E-state index >= 15 is 0 Å². The van der Waals surface area contributed by atoms with Gasteiger partial charge in [0.05, 0.1) is 23.6 Å². The van der Waals surface area contributed by atoms with Crippen LogP contribution in [0.3, 0.4) is 0 Å². The molecule has 0 saturated carbocycles. The van der Waals surface area contributed by atoms with Crippen molar-refractivity contribution in [2.24, 2.45) is 0 Å². The van der Waals surface area contributed by atoms with Gasteiger partial charge in [-0.1, -0.05) is 0 Å². The van der Waals surface area contributed by atoms with Crippen molar-refractivity contribution in [3.8, 4) is 5.75 Å². The number of aromatic nitrogens is 2. The molecule has 0 aliphatic rings. The minimum atomic E-state index is -0.472. The molecule has 1 heterocycles. The average molecular weight is 367 g/mol. The number of esters is 1. The molecule has 2 N–H and O–H groups in total. The predicted octanol–water partition coefficient (Wildman–Crippen LogP) is 1.84. The average Bonchev–Trinajstić information content (AvgIpc) is 2.66. The molecule has 3 rings (SSSR count). The topological polar surface area (TPSA) is 111 Å². The first kappa shape index (κ1) is 18.1. The van der Waals surface area contributed by atoms with Crippen LogP contribution in [-0.2, 0) is 16.1 Å². The largest absolute Gasteiger partial charge is 0.508 e. The molecule has 27 heavy (non-hydrogen) atoms. The number of methoxy groups -OCH3 is 1. The van der Waals surface area contributed by atoms with Gasteiger partial charge in [-0.2, -0.15) is 0 Å². The van der Waals surface area contributed by atoms with Gasteiger partial charge in [-0.3, -0.25) is 14.2 Å². The molecule has 0 aliphatic heterocycles. The normalized spacial score (nSPS) is 10.6. The van der Waals surface area contributed by atoms with E-state index in [9.17, 15) is 19.5 Å². The first-order chi connectivity index (χ1) is 12.9. The Morgan fingerprint density at radius 3 is 2.56 bits per heavy atom. The Morgan fingerprint density at radius 1 is 1.19 bits per heavy atom. The number of rotatable bonds is 4. The minimum absolute atomic E-state index is 0.0491. The molecule has 3 aromatic rings. The summed E-state index contributed by atoms with van der Waals surface area (Å²) in [7, 11) is 1.29. The number of aromatic hydroxyl groups is 1. The van der Waals surface area contributed by atoms with E-state index in [4.69, 9.17) is 0 Å². The molecule has 0 bridgehead atoms. The lowest BCUT2D eigenvalue weighted by Gasteiger charge is -2.11. The molecule has 0 saturated heterocycles. The SMILES string of the molecule is COC(=O)c1ccc(NC(=O)Cn2c(C)nc3ccc(O)cc3c2=O)cc1. The number of fused-ring (bicyclic) bond motifs is 1. The van der Waals surface area contributed by atoms with Gasteiger partial charge >= 0.3 is 5.97 Å². The number of carbonyl (C=O) groups excluding carboxylic acids is 2. The summed E-state index contributed by atoms with van der Waals surface area (Å²) in [6.07, 6.45) is 0. The second kappa shape index (κ2) is 7.28. The molecule has 0 unspecified atom stereocenters. The molecule has 0 aliphatic carbocycles. The zero-order valence-corrected chi connectivity index (χ0v) is 14.7. The smallest absolute Gasteiger partial charge is 0.337 e. The molecule has 138 valence electrons. The fourth-order valence-corrected chi connectivity index (χ4v) is 2.66. The Bertz CT molecular complexity index is 1090. The van der Waals surface area contributed by atoms with Crippen LogP contribution in [0, 0.1) is 6.92 Å². The maximum atomic E-state index is 12.6. The van der Waals surface area contributed by atoms with Crippen LogP contribution in [0.5, 0.6) is 5.75 Å². The molecule has 8 heteroatoms. The number of aryl methyl sites for hydroxylation is 1. The number of nitrogens with one attached hydrogen (secondary N) is 1. The van der Waals surface area contributed by atoms with Crippen LogP contribution < -0.4 is 10.9 Å². The first-order valence-corrected chi connectivity index (χ1v) is 8.07. The highest BCUT2D eigenvalue weighted by Crippen LogP contribution is 2.16. The Balaban J connectivity index is 1.82. The van der Waals surface area contributed by atoms with E-state index in [-0.39, 0.29) is 17.7 Å². The van der Waals surface area contributed by atoms with Gasteiger partial charge in [0.2, 0.25) is 5.91 Å². The fourth-order valence-electron chi connectivity index (χ4n) is 2.66. The summed E-state index contributed by atoms with van der Waals surface area (Å²) in [6.45, 7) is 1.40. The number of nitrogens with zero attached hydrogens (tertiary/aromatic N) is 2. The minimum Gasteiger partial charge on any atom is -0.508 e. The first-order valence-electron chi connectivity index (χ1n) is 8.07. The van der Waals surface area contributed by atoms with Gasteiger partial charge in [-0.25, -0.2) is 9.78 Å². The monoisotopic (exact) mass is 367 g/mol. The summed E-state index contributed by atoms with van der Waals surface area (Å²) in [5.41, 5.74) is 0.876. The van der Waals surface area contributed by atoms with E-state index in [1.807, 2.05) is 0 Å². The maximum Gasteiger partial charge on any atom is 0.337 e. The highest BCUT2D eigenvalue weighted by Gasteiger charge is 2.13. The lowest BCUT2D eigenvalue weighted by Crippen LogP contribution is -2.30. The van der Waals surface area contributed by atoms with Crippen molar-refractivity contribution in [1.82, 2.24) is 9.55 Å². The number of benzene rings is 2. The van der Waals surface area contributed by atoms with Crippen LogP contribution in [0.25, 0.3) is 10.9 Å². The van der Waals surface area contributed by atoms with Gasteiger partial charge in [0.25, 0.3) is 5.56 Å². The van der Waals surface area contributed by atoms with Crippen LogP contribution in [0.1, 0.15) is 16.2 Å². The second-order valence-electron chi connectivity index (χ2n) is 5.87. The number of phenolic OH excluding ortho intramolecular Hbond substituents is 1. The summed E-state index contributed by atoms with van der Waals surface area (Å²) in [5.74, 6) is -0.561. The number of anilines is 1. The van der Waals surface area contributed by atoms with Crippen molar-refractivity contribution in [2.45, 2.75) is 13.5 Å². The van der Waals surface area contributed by atoms with Gasteiger partial charge in [-0.15, -0.1) is 0 Å². The van der Waals surface area contributed by atoms with Crippen molar-refractivity contribution in [1.29, 1.82) is 0 Å². The quantitative estimate of drug-likeness (QED) is 0.681. The third kappa shape index (κ3) is 3.79. The molecule has 1 aromatic heterocycles. The van der Waals surface area contributed by atoms with Gasteiger partial charge in [0.15, 0.2) is 0 Å². The van der Waals surface area contributed by atoms with Gasteiger partial charge in [-0.05, 0) is 49.4 Å². The van der Waals surface area contributed by atoms with Gasteiger partial charge in [0, 0.05) is 5.69 Å². The number of amides is 1. The lowest BCUT2D eigenvalue weighted by atomic mass is 10.2. The van der Waals surface area contributed by atoms with Crippen molar-refractivity contribution < 1.29 is 19.4 Å². The van der Waals surface area contributed by atoms with Crippen LogP contribution in [-0.4, -0.2) is 33.6 Å². The Kier molecular flexibility index (Phi) is 4.89. The molecule has 1 amide bonds. The molecule has 8 nitrogen and oxygen atoms in total. The molecular weight excluding hydrogens is 350 g/mol. The highest BCUT2D eigenvalue weighted by molar-refractivity contribution is 5.93. The highest BCUT2D eigenvalue weighted by atomic mass is 16.5. The van der Waals surface area contributed by atoms with Crippen molar-refractivity contribution >= 4 is 28.5 Å². The van der Waals surface area contributed by atoms with E-state index < -0.39 is 17.4 Å². The number of carbonyl (C=O) groups is 2. The van der Waals surface area contributed by atoms with Crippen LogP contribution in [0.15, 0.2) is 47.3 Å². The summed E-state index contributed by atoms with van der Waals surface area (Å²) in [5, 5.41) is 12.5. The van der Waals surface area contributed by atoms with Crippen molar-refractivity contribution in [3.05, 3.63) is 64.2 Å². The summed E-state index contributed by atoms with van der Waals surface area (Å²) >= 11 is 0. The number of phenols is 1. The van der Waals surface area contributed by atoms with Crippen molar-refractivity contribution in [3.63, 3.8) is 0 Å². The van der Waals surface area contributed by atoms with E-state index in [1.54, 1.807) is 25.1 Å². The van der Waals surface area contributed by atoms with Crippen LogP contribution >= 0.6 is 0 Å². The predicted molar refractivity (Wildman–Crippen MR) is 98.8 cm³/mol. The third-order valence-corrected chi connectivity index (χ3v) is 4.02. The summed E-state index contributed by atoms with van der Waals surface area (Å²) in [4.78, 5) is 40.7. The second-order valence-corrected chi connectivity index (χ2v) is 5.87. The molecular formula is C19H17N3O5. The fraction of sp³-hybridized carbons (Fsp3) is 0.158. The van der Waals surface area contributed by atoms with E-state index in [0.717, 1.165) is 0 Å². The third-order valence-electron chi connectivity index (χ3n) is 4.02. The van der Waals surface area contributed by atoms with Crippen LogP contribution in [0.2, 0.25) is 0 Å². The molecule has 0 spiro atoms. The van der Waals surface area contributed by atoms with Crippen LogP contribution in [0.4, 0.5) is 5.69 Å². The Hall–Kier alpha value is -3.68. The Labute approximate surface area is 154 Å². The van der Waals surface area contributed by atoms with Gasteiger partial charge < -0.3 is 15.2 Å². The number of hydrogen-bond acceptors (Lipinski definition) is 6. The summed E-state index contributed by atoms with van der Waals surface area (Å²) < 4.78 is 5.85. The molecule has 0 atom stereocenters. The summed E-state index contributed by atoms with van der Waals surface area (Å²) in [6, 6.07) is 10.5. The maximum absolute atomic E-state index is 12.6. The van der Waals surface area contributed by atoms with E-state index in [2.05, 4.69) is 15.0 Å².